The molecule has 6 heterocycles. The van der Waals surface area contributed by atoms with Crippen molar-refractivity contribution in [2.45, 2.75) is 39.1 Å². The number of piperazine rings is 1. The van der Waals surface area contributed by atoms with Gasteiger partial charge in [-0.3, -0.25) is 9.80 Å². The summed E-state index contributed by atoms with van der Waals surface area (Å²) in [5.41, 5.74) is 7.34. The van der Waals surface area contributed by atoms with Crippen molar-refractivity contribution in [3.8, 4) is 50.7 Å². The van der Waals surface area contributed by atoms with E-state index in [1.54, 1.807) is 42.6 Å². The first-order chi connectivity index (χ1) is 31.1. The maximum atomic E-state index is 14.3. The molecule has 0 spiro atoms. The summed E-state index contributed by atoms with van der Waals surface area (Å²) in [7, 11) is 2.15. The van der Waals surface area contributed by atoms with Crippen LogP contribution in [0.2, 0.25) is 5.02 Å². The molecule has 3 aliphatic heterocycles. The lowest BCUT2D eigenvalue weighted by atomic mass is 9.94. The molecule has 3 aromatic heterocycles. The van der Waals surface area contributed by atoms with E-state index in [-0.39, 0.29) is 24.7 Å². The second-order valence-corrected chi connectivity index (χ2v) is 17.5. The molecule has 0 radical (unpaired) electrons. The number of thiophene rings is 1. The van der Waals surface area contributed by atoms with E-state index in [4.69, 9.17) is 26.1 Å². The molecular formula is C49H44ClFN8O4S. The molecule has 12 nitrogen and oxygen atoms in total. The van der Waals surface area contributed by atoms with Crippen molar-refractivity contribution in [1.29, 1.82) is 5.26 Å². The summed E-state index contributed by atoms with van der Waals surface area (Å²) < 4.78 is 27.2. The molecule has 1 atom stereocenters. The van der Waals surface area contributed by atoms with Gasteiger partial charge in [-0.15, -0.1) is 11.3 Å². The number of halogens is 2. The SMILES string of the molecule is Cc1c2ccc(c1Cl)CN(CCN1CCN(C)CC1)Cc1ccc(OCc3ccnc(-c4ccccc4C#N)n3)c(c1)C[C@H](C(=O)O)Oc1ncnc3sc(-c4ccc(F)cc4)c-2c13. The summed E-state index contributed by atoms with van der Waals surface area (Å²) in [6, 6.07) is 27.3. The average molecular weight is 895 g/mol. The minimum Gasteiger partial charge on any atom is -0.487 e. The highest BCUT2D eigenvalue weighted by atomic mass is 35.5. The van der Waals surface area contributed by atoms with Gasteiger partial charge in [0.15, 0.2) is 5.82 Å². The van der Waals surface area contributed by atoms with E-state index in [1.165, 1.54) is 29.8 Å². The summed E-state index contributed by atoms with van der Waals surface area (Å²) in [5.74, 6) is -0.582. The number of aliphatic carboxylic acids is 1. The van der Waals surface area contributed by atoms with E-state index in [0.717, 1.165) is 77.5 Å². The largest absolute Gasteiger partial charge is 0.487 e. The summed E-state index contributed by atoms with van der Waals surface area (Å²) >= 11 is 8.76. The van der Waals surface area contributed by atoms with E-state index in [9.17, 15) is 19.6 Å². The van der Waals surface area contributed by atoms with E-state index < -0.39 is 12.1 Å². The fourth-order valence-corrected chi connectivity index (χ4v) is 9.72. The molecule has 64 heavy (non-hydrogen) atoms. The average Bonchev–Trinajstić information content (AvgIpc) is 3.70. The Morgan fingerprint density at radius 2 is 1.75 bits per heavy atom. The minimum absolute atomic E-state index is 0.0523. The van der Waals surface area contributed by atoms with Crippen LogP contribution in [0.1, 0.15) is 33.5 Å². The Labute approximate surface area is 379 Å². The van der Waals surface area contributed by atoms with Gasteiger partial charge in [-0.05, 0) is 83.8 Å². The second kappa shape index (κ2) is 18.8. The van der Waals surface area contributed by atoms with Crippen molar-refractivity contribution in [1.82, 2.24) is 34.6 Å². The molecule has 0 saturated carbocycles. The predicted octanol–water partition coefficient (Wildman–Crippen LogP) is 8.67. The lowest BCUT2D eigenvalue weighted by Gasteiger charge is -2.34. The molecule has 10 rings (SSSR count). The smallest absolute Gasteiger partial charge is 0.345 e. The number of benzene rings is 4. The highest BCUT2D eigenvalue weighted by Crippen LogP contribution is 2.49. The number of carboxylic acids is 1. The number of hydrogen-bond acceptors (Lipinski definition) is 12. The summed E-state index contributed by atoms with van der Waals surface area (Å²) in [6.07, 6.45) is 1.55. The molecule has 1 saturated heterocycles. The minimum atomic E-state index is -1.39. The van der Waals surface area contributed by atoms with Crippen LogP contribution in [0, 0.1) is 24.1 Å². The van der Waals surface area contributed by atoms with Gasteiger partial charge in [0.1, 0.15) is 29.3 Å². The number of rotatable bonds is 9. The van der Waals surface area contributed by atoms with Crippen LogP contribution in [0.5, 0.6) is 11.6 Å². The molecule has 1 N–H and O–H groups in total. The van der Waals surface area contributed by atoms with Gasteiger partial charge >= 0.3 is 5.97 Å². The number of fused-ring (bicyclic) bond motifs is 6. The number of hydrogen-bond donors (Lipinski definition) is 1. The Morgan fingerprint density at radius 1 is 0.953 bits per heavy atom. The van der Waals surface area contributed by atoms with Crippen molar-refractivity contribution in [3.63, 3.8) is 0 Å². The van der Waals surface area contributed by atoms with Crippen LogP contribution in [-0.4, -0.2) is 98.1 Å². The van der Waals surface area contributed by atoms with Crippen LogP contribution in [0.15, 0.2) is 97.5 Å². The third kappa shape index (κ3) is 9.17. The second-order valence-electron chi connectivity index (χ2n) is 16.1. The molecule has 4 bridgehead atoms. The third-order valence-electron chi connectivity index (χ3n) is 11.9. The lowest BCUT2D eigenvalue weighted by molar-refractivity contribution is -0.145. The highest BCUT2D eigenvalue weighted by Gasteiger charge is 2.29. The first-order valence-corrected chi connectivity index (χ1v) is 22.2. The van der Waals surface area contributed by atoms with Crippen LogP contribution >= 0.6 is 22.9 Å². The first-order valence-electron chi connectivity index (χ1n) is 21.0. The molecular weight excluding hydrogens is 851 g/mol. The number of nitriles is 1. The van der Waals surface area contributed by atoms with Crippen molar-refractivity contribution in [2.24, 2.45) is 0 Å². The number of carboxylic acid groups (broad SMARTS) is 1. The van der Waals surface area contributed by atoms with Crippen molar-refractivity contribution >= 4 is 39.1 Å². The maximum absolute atomic E-state index is 14.3. The topological polar surface area (TPSA) is 141 Å². The normalized spacial score (nSPS) is 16.1. The first kappa shape index (κ1) is 42.9. The predicted molar refractivity (Wildman–Crippen MR) is 245 cm³/mol. The number of carbonyl (C=O) groups is 1. The monoisotopic (exact) mass is 894 g/mol. The van der Waals surface area contributed by atoms with Crippen LogP contribution in [-0.2, 0) is 30.9 Å². The van der Waals surface area contributed by atoms with Gasteiger partial charge in [-0.1, -0.05) is 60.1 Å². The Kier molecular flexibility index (Phi) is 12.6. The zero-order valence-corrected chi connectivity index (χ0v) is 36.9. The van der Waals surface area contributed by atoms with Crippen LogP contribution in [0.3, 0.4) is 0 Å². The maximum Gasteiger partial charge on any atom is 0.345 e. The van der Waals surface area contributed by atoms with Gasteiger partial charge < -0.3 is 19.5 Å². The van der Waals surface area contributed by atoms with E-state index in [0.29, 0.717) is 62.3 Å². The summed E-state index contributed by atoms with van der Waals surface area (Å²) in [4.78, 5) is 40.2. The van der Waals surface area contributed by atoms with Crippen LogP contribution < -0.4 is 9.47 Å². The van der Waals surface area contributed by atoms with Gasteiger partial charge in [0.05, 0.1) is 22.7 Å². The van der Waals surface area contributed by atoms with Gasteiger partial charge in [0, 0.05) is 86.0 Å². The van der Waals surface area contributed by atoms with Gasteiger partial charge in [0.25, 0.3) is 0 Å². The number of likely N-dealkylation sites (N-methyl/N-ethyl adjacent to an activating group) is 1. The fourth-order valence-electron chi connectivity index (χ4n) is 8.34. The zero-order valence-electron chi connectivity index (χ0n) is 35.3. The van der Waals surface area contributed by atoms with Gasteiger partial charge in [-0.2, -0.15) is 5.26 Å². The van der Waals surface area contributed by atoms with E-state index in [2.05, 4.69) is 48.8 Å². The molecule has 324 valence electrons. The van der Waals surface area contributed by atoms with Crippen molar-refractivity contribution in [3.05, 3.63) is 142 Å². The Balaban J connectivity index is 1.14. The van der Waals surface area contributed by atoms with Gasteiger partial charge in [0.2, 0.25) is 12.0 Å². The quantitative estimate of drug-likeness (QED) is 0.148. The molecule has 7 aromatic rings. The van der Waals surface area contributed by atoms with E-state index >= 15 is 0 Å². The lowest BCUT2D eigenvalue weighted by Crippen LogP contribution is -2.46. The number of nitrogens with zero attached hydrogens (tertiary/aromatic N) is 8. The molecule has 3 aliphatic rings. The van der Waals surface area contributed by atoms with Crippen molar-refractivity contribution < 1.29 is 23.8 Å². The third-order valence-corrected chi connectivity index (χ3v) is 13.5. The Morgan fingerprint density at radius 3 is 2.55 bits per heavy atom. The van der Waals surface area contributed by atoms with Gasteiger partial charge in [-0.25, -0.2) is 29.1 Å². The molecule has 1 fully saturated rings. The number of ether oxygens (including phenoxy) is 2. The fraction of sp³-hybridized carbons (Fsp3) is 0.265. The number of aromatic nitrogens is 4. The van der Waals surface area contributed by atoms with Crippen LogP contribution in [0.25, 0.3) is 43.2 Å². The van der Waals surface area contributed by atoms with Crippen molar-refractivity contribution in [2.75, 3.05) is 46.3 Å². The summed E-state index contributed by atoms with van der Waals surface area (Å²) in [5, 5.41) is 21.7. The Hall–Kier alpha value is -6.34. The Bertz CT molecular complexity index is 2900. The zero-order chi connectivity index (χ0) is 44.3. The molecule has 0 unspecified atom stereocenters. The van der Waals surface area contributed by atoms with Crippen LogP contribution in [0.4, 0.5) is 4.39 Å². The van der Waals surface area contributed by atoms with E-state index in [1.807, 2.05) is 37.3 Å². The molecule has 15 heteroatoms. The summed E-state index contributed by atoms with van der Waals surface area (Å²) in [6.45, 7) is 8.80. The standard InChI is InChI=1S/C49H44ClFN8O4S/c1-30-38-13-10-34(44(30)50)27-59(22-21-58-19-17-57(2)18-20-58)26-31-7-14-40(62-28-37-15-16-53-46(56-37)39-6-4-3-5-33(39)25-52)35(23-31)24-41(49(60)61)63-47-43-42(38)45(64-48(43)55-29-54-47)32-8-11-36(51)12-9-32/h3-16,23,29,41H,17-22,24,26-28H2,1-2H3,(H,60,61)/t41-/m1/s1. The molecule has 0 aliphatic carbocycles. The molecule has 4 aromatic carbocycles. The highest BCUT2D eigenvalue weighted by molar-refractivity contribution is 7.22. The molecule has 0 amide bonds.